The second kappa shape index (κ2) is 8.08. The van der Waals surface area contributed by atoms with Crippen LogP contribution in [0.1, 0.15) is 38.5 Å². The fourth-order valence-corrected chi connectivity index (χ4v) is 2.16. The molecule has 1 fully saturated rings. The van der Waals surface area contributed by atoms with E-state index in [9.17, 15) is 0 Å². The monoisotopic (exact) mass is 276 g/mol. The van der Waals surface area contributed by atoms with Gasteiger partial charge in [-0.2, -0.15) is 0 Å². The highest BCUT2D eigenvalue weighted by molar-refractivity contribution is 5.28. The molecule has 1 saturated heterocycles. The Morgan fingerprint density at radius 2 is 1.85 bits per heavy atom. The standard InChI is InChI=1S/C17H24O3/c1-3-5-6-7-14-12-19-17(20-13-14)15-8-10-16(11-9-15)18-4-2/h6-11,14,17H,3-5,12-13H2,1-2H3/b7-6+/t14-,17-. The molecule has 0 atom stereocenters. The van der Waals surface area contributed by atoms with Gasteiger partial charge in [0.25, 0.3) is 0 Å². The van der Waals surface area contributed by atoms with Crippen LogP contribution in [-0.4, -0.2) is 19.8 Å². The van der Waals surface area contributed by atoms with Crippen molar-refractivity contribution in [2.24, 2.45) is 5.92 Å². The first kappa shape index (κ1) is 15.1. The van der Waals surface area contributed by atoms with Gasteiger partial charge < -0.3 is 14.2 Å². The van der Waals surface area contributed by atoms with E-state index in [0.717, 1.165) is 30.9 Å². The fourth-order valence-electron chi connectivity index (χ4n) is 2.16. The van der Waals surface area contributed by atoms with Crippen molar-refractivity contribution in [1.82, 2.24) is 0 Å². The van der Waals surface area contributed by atoms with Crippen LogP contribution in [0, 0.1) is 5.92 Å². The summed E-state index contributed by atoms with van der Waals surface area (Å²) >= 11 is 0. The highest BCUT2D eigenvalue weighted by atomic mass is 16.7. The lowest BCUT2D eigenvalue weighted by atomic mass is 10.1. The van der Waals surface area contributed by atoms with Crippen LogP contribution >= 0.6 is 0 Å². The van der Waals surface area contributed by atoms with Crippen molar-refractivity contribution in [2.75, 3.05) is 19.8 Å². The zero-order valence-electron chi connectivity index (χ0n) is 12.4. The zero-order chi connectivity index (χ0) is 14.2. The van der Waals surface area contributed by atoms with Crippen molar-refractivity contribution >= 4 is 0 Å². The third-order valence-corrected chi connectivity index (χ3v) is 3.25. The quantitative estimate of drug-likeness (QED) is 0.732. The molecule has 2 rings (SSSR count). The minimum Gasteiger partial charge on any atom is -0.494 e. The first-order valence-corrected chi connectivity index (χ1v) is 7.46. The van der Waals surface area contributed by atoms with Gasteiger partial charge in [-0.15, -0.1) is 0 Å². The summed E-state index contributed by atoms with van der Waals surface area (Å²) in [5.74, 6) is 1.26. The van der Waals surface area contributed by atoms with E-state index in [1.165, 1.54) is 6.42 Å². The van der Waals surface area contributed by atoms with E-state index >= 15 is 0 Å². The number of hydrogen-bond donors (Lipinski definition) is 0. The van der Waals surface area contributed by atoms with Gasteiger partial charge in [-0.25, -0.2) is 0 Å². The number of allylic oxidation sites excluding steroid dienone is 1. The summed E-state index contributed by atoms with van der Waals surface area (Å²) in [6.07, 6.45) is 6.48. The molecule has 0 bridgehead atoms. The van der Waals surface area contributed by atoms with Crippen LogP contribution in [0.3, 0.4) is 0 Å². The summed E-state index contributed by atoms with van der Waals surface area (Å²) in [5.41, 5.74) is 1.05. The number of ether oxygens (including phenoxy) is 3. The zero-order valence-corrected chi connectivity index (χ0v) is 12.4. The number of hydrogen-bond acceptors (Lipinski definition) is 3. The van der Waals surface area contributed by atoms with Gasteiger partial charge in [0.05, 0.1) is 19.8 Å². The second-order valence-electron chi connectivity index (χ2n) is 4.98. The van der Waals surface area contributed by atoms with Crippen LogP contribution in [0.5, 0.6) is 5.75 Å². The maximum absolute atomic E-state index is 5.79. The van der Waals surface area contributed by atoms with Gasteiger partial charge in [0.2, 0.25) is 0 Å². The molecule has 0 aliphatic carbocycles. The molecule has 0 saturated carbocycles. The molecule has 0 unspecified atom stereocenters. The average Bonchev–Trinajstić information content (AvgIpc) is 2.49. The lowest BCUT2D eigenvalue weighted by molar-refractivity contribution is -0.197. The minimum atomic E-state index is -0.249. The summed E-state index contributed by atoms with van der Waals surface area (Å²) in [5, 5.41) is 0. The first-order valence-electron chi connectivity index (χ1n) is 7.46. The normalized spacial score (nSPS) is 23.1. The number of benzene rings is 1. The Morgan fingerprint density at radius 3 is 2.45 bits per heavy atom. The Balaban J connectivity index is 1.83. The highest BCUT2D eigenvalue weighted by Gasteiger charge is 2.21. The van der Waals surface area contributed by atoms with E-state index in [2.05, 4.69) is 19.1 Å². The molecule has 0 N–H and O–H groups in total. The topological polar surface area (TPSA) is 27.7 Å². The maximum atomic E-state index is 5.79. The van der Waals surface area contributed by atoms with Crippen LogP contribution in [0.25, 0.3) is 0 Å². The van der Waals surface area contributed by atoms with Crippen molar-refractivity contribution in [3.63, 3.8) is 0 Å². The lowest BCUT2D eigenvalue weighted by Gasteiger charge is -2.28. The van der Waals surface area contributed by atoms with E-state index in [-0.39, 0.29) is 6.29 Å². The van der Waals surface area contributed by atoms with Crippen LogP contribution in [0.2, 0.25) is 0 Å². The van der Waals surface area contributed by atoms with Crippen LogP contribution < -0.4 is 4.74 Å². The van der Waals surface area contributed by atoms with Crippen LogP contribution in [-0.2, 0) is 9.47 Å². The van der Waals surface area contributed by atoms with E-state index in [0.29, 0.717) is 12.5 Å². The summed E-state index contributed by atoms with van der Waals surface area (Å²) in [6, 6.07) is 7.92. The van der Waals surface area contributed by atoms with E-state index in [4.69, 9.17) is 14.2 Å². The second-order valence-corrected chi connectivity index (χ2v) is 4.98. The van der Waals surface area contributed by atoms with Gasteiger partial charge in [0.15, 0.2) is 6.29 Å². The molecule has 1 heterocycles. The molecular weight excluding hydrogens is 252 g/mol. The average molecular weight is 276 g/mol. The van der Waals surface area contributed by atoms with Gasteiger partial charge in [-0.1, -0.05) is 37.6 Å². The van der Waals surface area contributed by atoms with E-state index in [1.807, 2.05) is 31.2 Å². The number of unbranched alkanes of at least 4 members (excludes halogenated alkanes) is 1. The van der Waals surface area contributed by atoms with Crippen molar-refractivity contribution in [2.45, 2.75) is 33.0 Å². The SMILES string of the molecule is CCC/C=C/[C@H]1CO[C@H](c2ccc(OCC)cc2)OC1. The molecule has 20 heavy (non-hydrogen) atoms. The van der Waals surface area contributed by atoms with E-state index < -0.39 is 0 Å². The molecule has 1 aromatic carbocycles. The van der Waals surface area contributed by atoms with Gasteiger partial charge in [-0.3, -0.25) is 0 Å². The Labute approximate surface area is 121 Å². The lowest BCUT2D eigenvalue weighted by Crippen LogP contribution is -2.25. The third-order valence-electron chi connectivity index (χ3n) is 3.25. The maximum Gasteiger partial charge on any atom is 0.183 e. The molecule has 3 heteroatoms. The van der Waals surface area contributed by atoms with E-state index in [1.54, 1.807) is 0 Å². The molecule has 0 amide bonds. The van der Waals surface area contributed by atoms with Crippen molar-refractivity contribution < 1.29 is 14.2 Å². The van der Waals surface area contributed by atoms with Crippen molar-refractivity contribution in [1.29, 1.82) is 0 Å². The summed E-state index contributed by atoms with van der Waals surface area (Å²) in [4.78, 5) is 0. The smallest absolute Gasteiger partial charge is 0.183 e. The molecular formula is C17H24O3. The molecule has 0 aromatic heterocycles. The molecule has 1 aliphatic heterocycles. The molecule has 1 aliphatic rings. The predicted octanol–water partition coefficient (Wildman–Crippen LogP) is 4.10. The largest absolute Gasteiger partial charge is 0.494 e. The highest BCUT2D eigenvalue weighted by Crippen LogP contribution is 2.27. The van der Waals surface area contributed by atoms with Crippen molar-refractivity contribution in [3.05, 3.63) is 42.0 Å². The first-order chi connectivity index (χ1) is 9.83. The Kier molecular flexibility index (Phi) is 6.09. The predicted molar refractivity (Wildman–Crippen MR) is 79.8 cm³/mol. The van der Waals surface area contributed by atoms with Crippen molar-refractivity contribution in [3.8, 4) is 5.75 Å². The minimum absolute atomic E-state index is 0.249. The Hall–Kier alpha value is -1.32. The molecule has 110 valence electrons. The summed E-state index contributed by atoms with van der Waals surface area (Å²) < 4.78 is 17.0. The summed E-state index contributed by atoms with van der Waals surface area (Å²) in [7, 11) is 0. The van der Waals surface area contributed by atoms with Gasteiger partial charge in [0, 0.05) is 11.5 Å². The molecule has 0 spiro atoms. The summed E-state index contributed by atoms with van der Waals surface area (Å²) in [6.45, 7) is 6.28. The molecule has 3 nitrogen and oxygen atoms in total. The Morgan fingerprint density at radius 1 is 1.15 bits per heavy atom. The number of rotatable bonds is 6. The van der Waals surface area contributed by atoms with Gasteiger partial charge in [-0.05, 0) is 25.5 Å². The molecule has 0 radical (unpaired) electrons. The van der Waals surface area contributed by atoms with Gasteiger partial charge >= 0.3 is 0 Å². The Bertz CT molecular complexity index is 403. The fraction of sp³-hybridized carbons (Fsp3) is 0.529. The van der Waals surface area contributed by atoms with Crippen LogP contribution in [0.15, 0.2) is 36.4 Å². The van der Waals surface area contributed by atoms with Crippen LogP contribution in [0.4, 0.5) is 0 Å². The van der Waals surface area contributed by atoms with Gasteiger partial charge in [0.1, 0.15) is 5.75 Å². The third kappa shape index (κ3) is 4.36. The molecule has 1 aromatic rings.